The van der Waals surface area contributed by atoms with E-state index < -0.39 is 20.2 Å². The van der Waals surface area contributed by atoms with E-state index in [4.69, 9.17) is 4.43 Å². The van der Waals surface area contributed by atoms with Gasteiger partial charge in [-0.15, -0.1) is 0 Å². The number of hydrogen-bond donors (Lipinski definition) is 1. The van der Waals surface area contributed by atoms with Crippen LogP contribution in [0.15, 0.2) is 24.3 Å². The van der Waals surface area contributed by atoms with Gasteiger partial charge in [-0.05, 0) is 42.1 Å². The van der Waals surface area contributed by atoms with Crippen molar-refractivity contribution >= 4 is 20.1 Å². The highest BCUT2D eigenvalue weighted by Gasteiger charge is 2.41. The molecule has 0 spiro atoms. The number of Topliss-reactive ketones (excluding diaryl/α,β-unsaturated/α-hetero) is 1. The van der Waals surface area contributed by atoms with E-state index in [0.717, 1.165) is 24.0 Å². The zero-order valence-corrected chi connectivity index (χ0v) is 20.0. The fourth-order valence-electron chi connectivity index (χ4n) is 3.88. The van der Waals surface area contributed by atoms with E-state index >= 15 is 0 Å². The molecule has 0 amide bonds. The molecule has 5 heteroatoms. The molecule has 0 bridgehead atoms. The lowest BCUT2D eigenvalue weighted by molar-refractivity contribution is -0.145. The third-order valence-electron chi connectivity index (χ3n) is 6.77. The minimum atomic E-state index is -1.91. The van der Waals surface area contributed by atoms with E-state index in [-0.39, 0.29) is 22.8 Å². The third-order valence-corrected chi connectivity index (χ3v) is 11.3. The molecular formula is C24H38O4Si. The summed E-state index contributed by atoms with van der Waals surface area (Å²) < 4.78 is 6.77. The smallest absolute Gasteiger partial charge is 0.314 e. The second-order valence-corrected chi connectivity index (χ2v) is 14.7. The molecule has 162 valence electrons. The van der Waals surface area contributed by atoms with Gasteiger partial charge in [-0.1, -0.05) is 71.2 Å². The van der Waals surface area contributed by atoms with Crippen molar-refractivity contribution in [3.05, 3.63) is 35.4 Å². The van der Waals surface area contributed by atoms with Crippen LogP contribution in [0, 0.1) is 5.92 Å². The molecule has 4 nitrogen and oxygen atoms in total. The Balaban J connectivity index is 2.23. The monoisotopic (exact) mass is 418 g/mol. The van der Waals surface area contributed by atoms with Gasteiger partial charge in [-0.2, -0.15) is 0 Å². The fraction of sp³-hybridized carbons (Fsp3) is 0.667. The Morgan fingerprint density at radius 3 is 2.34 bits per heavy atom. The lowest BCUT2D eigenvalue weighted by Crippen LogP contribution is -2.41. The molecule has 0 aromatic heterocycles. The number of ketones is 1. The van der Waals surface area contributed by atoms with Crippen LogP contribution in [0.5, 0.6) is 0 Å². The average Bonchev–Trinajstić information content (AvgIpc) is 3.02. The van der Waals surface area contributed by atoms with Crippen molar-refractivity contribution in [2.24, 2.45) is 5.92 Å². The van der Waals surface area contributed by atoms with Crippen molar-refractivity contribution in [3.8, 4) is 0 Å². The molecule has 1 aromatic rings. The number of rotatable bonds is 9. The second kappa shape index (κ2) is 9.56. The summed E-state index contributed by atoms with van der Waals surface area (Å²) in [6.07, 6.45) is 5.55. The molecule has 1 aliphatic rings. The fourth-order valence-corrected chi connectivity index (χ4v) is 5.20. The standard InChI is InChI=1S/C24H38O4Si/c1-7-8-9-10-21(28-29(5,6)24(2,3)4)18-13-11-17(12-14-18)19-15-16-20(25)22(19)23(26)27/h11-14,19,21-22H,7-10,15-16H2,1-6H3,(H,26,27)/t19-,21+,22-/m1/s1. The number of benzene rings is 1. The highest BCUT2D eigenvalue weighted by atomic mass is 28.4. The van der Waals surface area contributed by atoms with Crippen LogP contribution in [0.3, 0.4) is 0 Å². The molecule has 3 atom stereocenters. The lowest BCUT2D eigenvalue weighted by Gasteiger charge is -2.39. The molecule has 0 saturated heterocycles. The van der Waals surface area contributed by atoms with Crippen LogP contribution in [-0.2, 0) is 14.0 Å². The minimum Gasteiger partial charge on any atom is -0.481 e. The Kier molecular flexibility index (Phi) is 7.85. The molecule has 29 heavy (non-hydrogen) atoms. The topological polar surface area (TPSA) is 63.6 Å². The second-order valence-electron chi connectivity index (χ2n) is 9.96. The van der Waals surface area contributed by atoms with Crippen molar-refractivity contribution in [2.45, 2.75) is 96.4 Å². The van der Waals surface area contributed by atoms with Gasteiger partial charge in [0.05, 0.1) is 6.10 Å². The van der Waals surface area contributed by atoms with Gasteiger partial charge >= 0.3 is 5.97 Å². The summed E-state index contributed by atoms with van der Waals surface area (Å²) in [5.41, 5.74) is 2.11. The van der Waals surface area contributed by atoms with Crippen LogP contribution < -0.4 is 0 Å². The minimum absolute atomic E-state index is 0.0666. The summed E-state index contributed by atoms with van der Waals surface area (Å²) in [4.78, 5) is 23.5. The summed E-state index contributed by atoms with van der Waals surface area (Å²) >= 11 is 0. The maximum Gasteiger partial charge on any atom is 0.314 e. The van der Waals surface area contributed by atoms with Gasteiger partial charge in [0, 0.05) is 12.3 Å². The summed E-state index contributed by atoms with van der Waals surface area (Å²) in [5, 5.41) is 9.59. The number of unbranched alkanes of at least 4 members (excludes halogenated alkanes) is 2. The van der Waals surface area contributed by atoms with Crippen LogP contribution in [0.1, 0.15) is 89.4 Å². The first-order valence-electron chi connectivity index (χ1n) is 11.0. The Morgan fingerprint density at radius 1 is 1.21 bits per heavy atom. The van der Waals surface area contributed by atoms with E-state index in [0.29, 0.717) is 12.8 Å². The van der Waals surface area contributed by atoms with Crippen LogP contribution in [0.25, 0.3) is 0 Å². The van der Waals surface area contributed by atoms with E-state index in [1.807, 2.05) is 12.1 Å². The molecule has 2 rings (SSSR count). The molecule has 1 aliphatic carbocycles. The predicted molar refractivity (Wildman–Crippen MR) is 120 cm³/mol. The first kappa shape index (κ1) is 23.8. The number of carboxylic acid groups (broad SMARTS) is 1. The number of hydrogen-bond acceptors (Lipinski definition) is 3. The molecule has 0 heterocycles. The summed E-state index contributed by atoms with van der Waals surface area (Å²) in [6, 6.07) is 8.19. The largest absolute Gasteiger partial charge is 0.481 e. The highest BCUT2D eigenvalue weighted by molar-refractivity contribution is 6.74. The Morgan fingerprint density at radius 2 is 1.83 bits per heavy atom. The summed E-state index contributed by atoms with van der Waals surface area (Å²) in [7, 11) is -1.91. The van der Waals surface area contributed by atoms with E-state index in [9.17, 15) is 14.7 Å². The number of carbonyl (C=O) groups is 2. The van der Waals surface area contributed by atoms with E-state index in [1.165, 1.54) is 12.8 Å². The number of carbonyl (C=O) groups excluding carboxylic acids is 1. The molecular weight excluding hydrogens is 380 g/mol. The Labute approximate surface area is 177 Å². The SMILES string of the molecule is CCCCC[C@H](O[Si](C)(C)C(C)(C)C)c1ccc([C@H]2CCC(=O)[C@@H]2C(=O)O)cc1. The summed E-state index contributed by atoms with van der Waals surface area (Å²) in [6.45, 7) is 13.6. The molecule has 1 N–H and O–H groups in total. The van der Waals surface area contributed by atoms with Crippen molar-refractivity contribution in [2.75, 3.05) is 0 Å². The van der Waals surface area contributed by atoms with Gasteiger partial charge in [0.15, 0.2) is 8.32 Å². The van der Waals surface area contributed by atoms with Gasteiger partial charge in [0.2, 0.25) is 0 Å². The van der Waals surface area contributed by atoms with Gasteiger partial charge in [-0.3, -0.25) is 9.59 Å². The maximum atomic E-state index is 12.0. The first-order chi connectivity index (χ1) is 13.5. The summed E-state index contributed by atoms with van der Waals surface area (Å²) in [5.74, 6) is -2.26. The molecule has 1 saturated carbocycles. The van der Waals surface area contributed by atoms with Crippen molar-refractivity contribution in [1.82, 2.24) is 0 Å². The van der Waals surface area contributed by atoms with Gasteiger partial charge < -0.3 is 9.53 Å². The van der Waals surface area contributed by atoms with Crippen molar-refractivity contribution in [3.63, 3.8) is 0 Å². The quantitative estimate of drug-likeness (QED) is 0.283. The molecule has 0 unspecified atom stereocenters. The Bertz CT molecular complexity index is 703. The Hall–Kier alpha value is -1.46. The molecule has 0 radical (unpaired) electrons. The van der Waals surface area contributed by atoms with Gasteiger partial charge in [0.1, 0.15) is 11.7 Å². The van der Waals surface area contributed by atoms with Crippen LogP contribution in [-0.4, -0.2) is 25.2 Å². The zero-order valence-electron chi connectivity index (χ0n) is 19.0. The van der Waals surface area contributed by atoms with Gasteiger partial charge in [-0.25, -0.2) is 0 Å². The van der Waals surface area contributed by atoms with E-state index in [1.54, 1.807) is 0 Å². The normalized spacial score (nSPS) is 21.4. The number of aliphatic carboxylic acids is 1. The van der Waals surface area contributed by atoms with Gasteiger partial charge in [0.25, 0.3) is 0 Å². The highest BCUT2D eigenvalue weighted by Crippen LogP contribution is 2.42. The van der Waals surface area contributed by atoms with Crippen LogP contribution >= 0.6 is 0 Å². The molecule has 1 aromatic carbocycles. The molecule has 1 fully saturated rings. The van der Waals surface area contributed by atoms with Crippen molar-refractivity contribution < 1.29 is 19.1 Å². The zero-order chi connectivity index (χ0) is 21.8. The van der Waals surface area contributed by atoms with E-state index in [2.05, 4.69) is 52.9 Å². The lowest BCUT2D eigenvalue weighted by atomic mass is 9.87. The van der Waals surface area contributed by atoms with Crippen LogP contribution in [0.2, 0.25) is 18.1 Å². The molecule has 0 aliphatic heterocycles. The third kappa shape index (κ3) is 5.79. The number of carboxylic acids is 1. The average molecular weight is 419 g/mol. The first-order valence-corrected chi connectivity index (χ1v) is 13.9. The predicted octanol–water partition coefficient (Wildman–Crippen LogP) is 6.48. The van der Waals surface area contributed by atoms with Crippen LogP contribution in [0.4, 0.5) is 0 Å². The van der Waals surface area contributed by atoms with Crippen molar-refractivity contribution in [1.29, 1.82) is 0 Å². The maximum absolute atomic E-state index is 12.0.